The van der Waals surface area contributed by atoms with Crippen LogP contribution in [0.15, 0.2) is 0 Å². The van der Waals surface area contributed by atoms with E-state index in [1.165, 1.54) is 0 Å². The zero-order valence-electron chi connectivity index (χ0n) is 10.9. The maximum atomic E-state index is 12.0. The van der Waals surface area contributed by atoms with E-state index in [9.17, 15) is 4.79 Å². The molecule has 0 aromatic carbocycles. The van der Waals surface area contributed by atoms with Crippen LogP contribution in [0.1, 0.15) is 40.5 Å². The third-order valence-corrected chi connectivity index (χ3v) is 2.57. The summed E-state index contributed by atoms with van der Waals surface area (Å²) < 4.78 is 5.42. The molecule has 1 N–H and O–H groups in total. The summed E-state index contributed by atoms with van der Waals surface area (Å²) in [5, 5.41) is 3.28. The molecule has 0 radical (unpaired) electrons. The number of nitrogens with one attached hydrogen (secondary N) is 1. The normalized spacial score (nSPS) is 20.9. The van der Waals surface area contributed by atoms with E-state index in [2.05, 4.69) is 12.2 Å². The Labute approximate surface area is 98.3 Å². The van der Waals surface area contributed by atoms with Crippen LogP contribution in [0.25, 0.3) is 0 Å². The summed E-state index contributed by atoms with van der Waals surface area (Å²) in [5.41, 5.74) is -0.408. The molecule has 1 fully saturated rings. The van der Waals surface area contributed by atoms with Gasteiger partial charge in [0.1, 0.15) is 5.60 Å². The minimum Gasteiger partial charge on any atom is -0.444 e. The number of carbonyl (C=O) groups excluding carboxylic acids is 1. The topological polar surface area (TPSA) is 41.6 Å². The maximum Gasteiger partial charge on any atom is 0.410 e. The number of carbonyl (C=O) groups is 1. The molecule has 1 rings (SSSR count). The van der Waals surface area contributed by atoms with Crippen molar-refractivity contribution < 1.29 is 9.53 Å². The summed E-state index contributed by atoms with van der Waals surface area (Å²) in [6.07, 6.45) is 1.82. The average Bonchev–Trinajstić information content (AvgIpc) is 2.63. The van der Waals surface area contributed by atoms with Gasteiger partial charge in [-0.1, -0.05) is 6.92 Å². The molecule has 0 aromatic heterocycles. The van der Waals surface area contributed by atoms with E-state index in [1.807, 2.05) is 25.7 Å². The monoisotopic (exact) mass is 228 g/mol. The van der Waals surface area contributed by atoms with Gasteiger partial charge in [0.15, 0.2) is 0 Å². The largest absolute Gasteiger partial charge is 0.444 e. The van der Waals surface area contributed by atoms with Crippen LogP contribution in [0.2, 0.25) is 0 Å². The number of rotatable bonds is 3. The molecule has 1 atom stereocenters. The minimum absolute atomic E-state index is 0.178. The van der Waals surface area contributed by atoms with E-state index in [1.54, 1.807) is 0 Å². The minimum atomic E-state index is -0.408. The Bertz CT molecular complexity index is 230. The summed E-state index contributed by atoms with van der Waals surface area (Å²) in [5.74, 6) is 0. The van der Waals surface area contributed by atoms with Gasteiger partial charge < -0.3 is 15.0 Å². The van der Waals surface area contributed by atoms with Crippen molar-refractivity contribution in [2.45, 2.75) is 52.2 Å². The highest BCUT2D eigenvalue weighted by atomic mass is 16.6. The molecule has 94 valence electrons. The fraction of sp³-hybridized carbons (Fsp3) is 0.917. The van der Waals surface area contributed by atoms with E-state index in [0.29, 0.717) is 6.04 Å². The lowest BCUT2D eigenvalue weighted by Crippen LogP contribution is -2.44. The molecule has 4 heteroatoms. The van der Waals surface area contributed by atoms with Crippen LogP contribution < -0.4 is 5.32 Å². The molecule has 4 nitrogen and oxygen atoms in total. The Morgan fingerprint density at radius 1 is 1.50 bits per heavy atom. The fourth-order valence-corrected chi connectivity index (χ4v) is 1.89. The molecule has 1 amide bonds. The molecule has 1 aliphatic rings. The summed E-state index contributed by atoms with van der Waals surface area (Å²) in [6, 6.07) is 0.301. The number of nitrogens with zero attached hydrogens (tertiary/aromatic N) is 1. The predicted molar refractivity (Wildman–Crippen MR) is 64.5 cm³/mol. The first-order valence-electron chi connectivity index (χ1n) is 6.14. The Hall–Kier alpha value is -0.770. The average molecular weight is 228 g/mol. The van der Waals surface area contributed by atoms with Gasteiger partial charge in [-0.25, -0.2) is 4.79 Å². The van der Waals surface area contributed by atoms with Crippen molar-refractivity contribution >= 4 is 6.09 Å². The van der Waals surface area contributed by atoms with E-state index < -0.39 is 5.60 Å². The number of amides is 1. The molecule has 1 heterocycles. The van der Waals surface area contributed by atoms with Gasteiger partial charge in [-0.2, -0.15) is 0 Å². The van der Waals surface area contributed by atoms with Crippen LogP contribution in [-0.4, -0.2) is 42.3 Å². The standard InChI is InChI=1S/C12H24N2O2/c1-5-8-14(10-6-7-13-9-10)11(15)16-12(2,3)4/h10,13H,5-9H2,1-4H3/t10-/m0/s1. The molecule has 16 heavy (non-hydrogen) atoms. The zero-order chi connectivity index (χ0) is 12.2. The van der Waals surface area contributed by atoms with Crippen molar-refractivity contribution in [3.63, 3.8) is 0 Å². The molecule has 1 aliphatic heterocycles. The highest BCUT2D eigenvalue weighted by molar-refractivity contribution is 5.68. The van der Waals surface area contributed by atoms with E-state index in [4.69, 9.17) is 4.74 Å². The summed E-state index contributed by atoms with van der Waals surface area (Å²) >= 11 is 0. The van der Waals surface area contributed by atoms with Crippen LogP contribution in [0.4, 0.5) is 4.79 Å². The van der Waals surface area contributed by atoms with Gasteiger partial charge in [-0.05, 0) is 40.2 Å². The SMILES string of the molecule is CCCN(C(=O)OC(C)(C)C)[C@H]1CCNC1. The first kappa shape index (κ1) is 13.3. The Morgan fingerprint density at radius 2 is 2.19 bits per heavy atom. The summed E-state index contributed by atoms with van der Waals surface area (Å²) in [6.45, 7) is 10.5. The van der Waals surface area contributed by atoms with Gasteiger partial charge in [0, 0.05) is 19.1 Å². The molecule has 0 aromatic rings. The lowest BCUT2D eigenvalue weighted by molar-refractivity contribution is 0.0177. The summed E-state index contributed by atoms with van der Waals surface area (Å²) in [7, 11) is 0. The van der Waals surface area contributed by atoms with Gasteiger partial charge >= 0.3 is 6.09 Å². The molecule has 0 unspecified atom stereocenters. The highest BCUT2D eigenvalue weighted by Crippen LogP contribution is 2.15. The van der Waals surface area contributed by atoms with Crippen molar-refractivity contribution in [2.75, 3.05) is 19.6 Å². The van der Waals surface area contributed by atoms with Crippen molar-refractivity contribution in [3.8, 4) is 0 Å². The second-order valence-corrected chi connectivity index (χ2v) is 5.32. The maximum absolute atomic E-state index is 12.0. The number of hydrogen-bond acceptors (Lipinski definition) is 3. The van der Waals surface area contributed by atoms with E-state index >= 15 is 0 Å². The second-order valence-electron chi connectivity index (χ2n) is 5.32. The molecule has 1 saturated heterocycles. The first-order chi connectivity index (χ1) is 7.44. The van der Waals surface area contributed by atoms with Crippen molar-refractivity contribution in [3.05, 3.63) is 0 Å². The highest BCUT2D eigenvalue weighted by Gasteiger charge is 2.29. The van der Waals surface area contributed by atoms with E-state index in [-0.39, 0.29) is 6.09 Å². The molecular formula is C12H24N2O2. The number of hydrogen-bond donors (Lipinski definition) is 1. The van der Waals surface area contributed by atoms with Crippen molar-refractivity contribution in [1.29, 1.82) is 0 Å². The second kappa shape index (κ2) is 5.53. The third kappa shape index (κ3) is 4.00. The lowest BCUT2D eigenvalue weighted by atomic mass is 10.2. The van der Waals surface area contributed by atoms with Crippen molar-refractivity contribution in [2.24, 2.45) is 0 Å². The van der Waals surface area contributed by atoms with Crippen LogP contribution in [0.3, 0.4) is 0 Å². The molecule has 0 saturated carbocycles. The van der Waals surface area contributed by atoms with Gasteiger partial charge in [0.25, 0.3) is 0 Å². The Balaban J connectivity index is 2.57. The molecular weight excluding hydrogens is 204 g/mol. The fourth-order valence-electron chi connectivity index (χ4n) is 1.89. The van der Waals surface area contributed by atoms with Crippen LogP contribution in [0.5, 0.6) is 0 Å². The molecule has 0 spiro atoms. The van der Waals surface area contributed by atoms with Crippen LogP contribution in [-0.2, 0) is 4.74 Å². The predicted octanol–water partition coefficient (Wildman–Crippen LogP) is 2.00. The number of ether oxygens (including phenoxy) is 1. The smallest absolute Gasteiger partial charge is 0.410 e. The van der Waals surface area contributed by atoms with E-state index in [0.717, 1.165) is 32.5 Å². The van der Waals surface area contributed by atoms with Crippen LogP contribution in [0, 0.1) is 0 Å². The van der Waals surface area contributed by atoms with Gasteiger partial charge in [-0.15, -0.1) is 0 Å². The van der Waals surface area contributed by atoms with Gasteiger partial charge in [-0.3, -0.25) is 0 Å². The van der Waals surface area contributed by atoms with Crippen molar-refractivity contribution in [1.82, 2.24) is 10.2 Å². The quantitative estimate of drug-likeness (QED) is 0.803. The lowest BCUT2D eigenvalue weighted by Gasteiger charge is -2.31. The van der Waals surface area contributed by atoms with Gasteiger partial charge in [0.2, 0.25) is 0 Å². The zero-order valence-corrected chi connectivity index (χ0v) is 10.9. The molecule has 0 aliphatic carbocycles. The Kier molecular flexibility index (Phi) is 4.59. The first-order valence-corrected chi connectivity index (χ1v) is 6.14. The Morgan fingerprint density at radius 3 is 2.62 bits per heavy atom. The van der Waals surface area contributed by atoms with Gasteiger partial charge in [0.05, 0.1) is 0 Å². The van der Waals surface area contributed by atoms with Crippen LogP contribution >= 0.6 is 0 Å². The third-order valence-electron chi connectivity index (χ3n) is 2.57. The summed E-state index contributed by atoms with van der Waals surface area (Å²) in [4.78, 5) is 13.9. The molecule has 0 bridgehead atoms.